The second kappa shape index (κ2) is 46.6. The molecule has 784 valence electrons. The van der Waals surface area contributed by atoms with Crippen LogP contribution in [-0.4, -0.2) is 194 Å². The summed E-state index contributed by atoms with van der Waals surface area (Å²) in [6, 6.07) is 1.06. The van der Waals surface area contributed by atoms with Gasteiger partial charge in [-0.05, 0) is 201 Å². The number of aromatic nitrogens is 13. The van der Waals surface area contributed by atoms with Crippen molar-refractivity contribution in [3.05, 3.63) is 242 Å². The van der Waals surface area contributed by atoms with Gasteiger partial charge in [-0.3, -0.25) is 28.7 Å². The summed E-state index contributed by atoms with van der Waals surface area (Å²) in [5.74, 6) is -18.0. The van der Waals surface area contributed by atoms with E-state index in [2.05, 4.69) is 45.3 Å². The SMILES string of the molecule is CC(C)(F)c1coc([C@@H]2CCCN2C(=O)C[C@H](N)Cc2cc(F)c(F)cc2F)n1.CC(C)(F)n1cnc([C@@H]2CCCN2C(=O)C[C@H](N)Cc2cc(F)c(F)cc2F)n1.N[C@@H](CC(=O)N1CCC[C@H]1c1ncn(C2(F)CC2)n1)Cc1cc(F)c(F)cc1F.N[C@@H](CC(=O)N1CCC[C@H]1c1ncn(C2COC2)n1)Cc1cc(F)c(F)cc1F.N[C@@H](CC(=O)N1CCC[C@H]1c1ncn(CC2CC2)n1)Cc1cc(F)c(F)cc1F. The van der Waals surface area contributed by atoms with Gasteiger partial charge in [0.25, 0.3) is 0 Å². The van der Waals surface area contributed by atoms with E-state index in [9.17, 15) is 103 Å². The molecule has 2 saturated carbocycles. The maximum Gasteiger partial charge on any atom is 0.224 e. The van der Waals surface area contributed by atoms with Crippen LogP contribution in [0, 0.1) is 93.2 Å². The van der Waals surface area contributed by atoms with E-state index in [1.54, 1.807) is 41.8 Å². The highest BCUT2D eigenvalue weighted by Crippen LogP contribution is 2.46. The van der Waals surface area contributed by atoms with Gasteiger partial charge in [0, 0.05) is 145 Å². The summed E-state index contributed by atoms with van der Waals surface area (Å²) in [4.78, 5) is 93.1. The minimum Gasteiger partial charge on any atom is -0.446 e. The highest BCUT2D eigenvalue weighted by molar-refractivity contribution is 5.80. The molecular weight excluding hydrogens is 1940 g/mol. The first-order valence-corrected chi connectivity index (χ1v) is 47.9. The van der Waals surface area contributed by atoms with Crippen LogP contribution in [0.3, 0.4) is 0 Å². The lowest BCUT2D eigenvalue weighted by molar-refractivity contribution is -0.133. The van der Waals surface area contributed by atoms with Gasteiger partial charge >= 0.3 is 0 Å². The van der Waals surface area contributed by atoms with Gasteiger partial charge in [-0.2, -0.15) is 20.4 Å². The van der Waals surface area contributed by atoms with Crippen molar-refractivity contribution in [2.75, 3.05) is 45.9 Å². The van der Waals surface area contributed by atoms with Crippen molar-refractivity contribution in [3.8, 4) is 0 Å². The number of ether oxygens (including phenoxy) is 1. The normalized spacial score (nSPS) is 19.8. The first-order chi connectivity index (χ1) is 68.7. The average Bonchev–Trinajstić information content (AvgIpc) is 1.61. The number of likely N-dealkylation sites (tertiary alicyclic amines) is 5. The van der Waals surface area contributed by atoms with E-state index in [0.29, 0.717) is 138 Å². The largest absolute Gasteiger partial charge is 0.446 e. The van der Waals surface area contributed by atoms with Crippen LogP contribution in [0.15, 0.2) is 96.7 Å². The molecule has 8 fully saturated rings. The summed E-state index contributed by atoms with van der Waals surface area (Å²) in [7, 11) is 0. The molecule has 48 heteroatoms. The van der Waals surface area contributed by atoms with Gasteiger partial charge in [0.05, 0.1) is 37.4 Å². The predicted molar refractivity (Wildman–Crippen MR) is 484 cm³/mol. The molecule has 11 heterocycles. The molecule has 5 aromatic heterocycles. The Hall–Kier alpha value is -12.3. The quantitative estimate of drug-likeness (QED) is 0.0199. The van der Waals surface area contributed by atoms with Gasteiger partial charge in [0.15, 0.2) is 87.3 Å². The van der Waals surface area contributed by atoms with E-state index in [4.69, 9.17) is 37.8 Å². The fourth-order valence-corrected chi connectivity index (χ4v) is 18.2. The van der Waals surface area contributed by atoms with Gasteiger partial charge < -0.3 is 62.3 Å². The molecular formula is C97H113F18N23O7. The van der Waals surface area contributed by atoms with E-state index in [0.717, 1.165) is 86.5 Å². The van der Waals surface area contributed by atoms with Crippen LogP contribution < -0.4 is 28.7 Å². The van der Waals surface area contributed by atoms with Crippen LogP contribution in [0.1, 0.15) is 249 Å². The Bertz CT molecular complexity index is 5890. The number of carbonyl (C=O) groups is 5. The van der Waals surface area contributed by atoms with Gasteiger partial charge in [0.2, 0.25) is 41.2 Å². The Kier molecular flexibility index (Phi) is 34.9. The number of rotatable bonds is 31. The Morgan fingerprint density at radius 1 is 0.386 bits per heavy atom. The molecule has 2 aliphatic carbocycles. The third-order valence-corrected chi connectivity index (χ3v) is 26.4. The zero-order valence-corrected chi connectivity index (χ0v) is 79.8. The average molecular weight is 2060 g/mol. The second-order valence-corrected chi connectivity index (χ2v) is 38.9. The van der Waals surface area contributed by atoms with E-state index in [1.807, 2.05) is 4.68 Å². The summed E-state index contributed by atoms with van der Waals surface area (Å²) >= 11 is 0. The van der Waals surface area contributed by atoms with Gasteiger partial charge in [-0.15, -0.1) is 0 Å². The zero-order chi connectivity index (χ0) is 105. The summed E-state index contributed by atoms with van der Waals surface area (Å²) in [5, 5.41) is 17.4. The van der Waals surface area contributed by atoms with Crippen molar-refractivity contribution in [1.29, 1.82) is 0 Å². The minimum absolute atomic E-state index is 0.0162. The molecule has 0 spiro atoms. The highest BCUT2D eigenvalue weighted by Gasteiger charge is 2.48. The highest BCUT2D eigenvalue weighted by atomic mass is 19.2. The number of hydrogen-bond donors (Lipinski definition) is 5. The zero-order valence-electron chi connectivity index (χ0n) is 79.8. The molecule has 10 N–H and O–H groups in total. The number of carbonyl (C=O) groups excluding carboxylic acids is 5. The number of hydrogen-bond acceptors (Lipinski definition) is 21. The lowest BCUT2D eigenvalue weighted by Crippen LogP contribution is -2.37. The lowest BCUT2D eigenvalue weighted by Gasteiger charge is -2.26. The Morgan fingerprint density at radius 2 is 0.690 bits per heavy atom. The monoisotopic (exact) mass is 2050 g/mol. The van der Waals surface area contributed by atoms with Crippen molar-refractivity contribution in [3.63, 3.8) is 0 Å². The first kappa shape index (κ1) is 108. The van der Waals surface area contributed by atoms with Crippen LogP contribution in [0.4, 0.5) is 79.0 Å². The summed E-state index contributed by atoms with van der Waals surface area (Å²) in [6.45, 7) is 10.1. The predicted octanol–water partition coefficient (Wildman–Crippen LogP) is 14.3. The number of nitrogens with zero attached hydrogens (tertiary/aromatic N) is 18. The number of amides is 5. The van der Waals surface area contributed by atoms with Crippen LogP contribution in [-0.2, 0) is 84.6 Å². The summed E-state index contributed by atoms with van der Waals surface area (Å²) < 4.78 is 260. The second-order valence-electron chi connectivity index (χ2n) is 38.9. The third-order valence-electron chi connectivity index (χ3n) is 26.4. The number of nitrogens with two attached hydrogens (primary N) is 5. The fourth-order valence-electron chi connectivity index (χ4n) is 18.2. The molecule has 18 rings (SSSR count). The van der Waals surface area contributed by atoms with Crippen molar-refractivity contribution in [2.24, 2.45) is 34.6 Å². The van der Waals surface area contributed by atoms with Gasteiger partial charge in [-0.1, -0.05) is 0 Å². The molecule has 10 atom stereocenters. The number of benzene rings is 5. The number of oxazole rings is 1. The van der Waals surface area contributed by atoms with Crippen LogP contribution in [0.5, 0.6) is 0 Å². The van der Waals surface area contributed by atoms with Crippen molar-refractivity contribution < 1.29 is 112 Å². The van der Waals surface area contributed by atoms with Gasteiger partial charge in [0.1, 0.15) is 84.1 Å². The third kappa shape index (κ3) is 27.7. The molecule has 6 aliphatic heterocycles. The first-order valence-electron chi connectivity index (χ1n) is 47.9. The van der Waals surface area contributed by atoms with Crippen molar-refractivity contribution >= 4 is 29.5 Å². The standard InChI is InChI=1S/C20H23F4N3O2.C20H24F3N5O.C19H21F4N5O.C19H23F4N5O.C19H22F3N5O2/c1-20(2,24)17-10-29-19(26-17)16-4-3-5-27(16)18(28)8-12(25)6-11-7-14(22)15(23)9-13(11)21;21-15-9-17(23)16(22)7-13(15)6-14(24)8-19(29)28-5-1-2-18(28)20-25-11-27(26-20)10-12-3-4-12;20-13-9-15(22)14(21)7-11(13)6-12(24)8-17(29)27-5-1-2-16(27)18-25-10-28(26-18)19(23)3-4-19;1-19(2,23)28-10-25-18(26-28)16-4-3-5-27(16)17(29)8-12(24)6-11-7-14(21)15(22)9-13(11)20;20-14-7-16(22)15(21)5-11(14)4-12(23)6-18(28)26-3-1-2-17(26)19-24-10-27(25-19)13-8-29-9-13/h7,9-10,12,16H,3-6,8,25H2,1-2H3;7,9,11-12,14,18H,1-6,8,10,24H2;7,9-10,12,16H,1-6,8,24H2;7,9-10,12,16H,3-6,8,24H2,1-2H3;5,7,10,12-13,17H,1-4,6,8-9,23H2/t12-,16+;14-,18+;2*12-,16+;12-,17+/m11111/s1. The van der Waals surface area contributed by atoms with E-state index in [-0.39, 0.29) is 157 Å². The van der Waals surface area contributed by atoms with Gasteiger partial charge in [-0.25, -0.2) is 118 Å². The summed E-state index contributed by atoms with van der Waals surface area (Å²) in [5.41, 5.74) is 28.0. The Labute approximate surface area is 821 Å². The maximum atomic E-state index is 14.1. The number of alkyl halides is 3. The van der Waals surface area contributed by atoms with Crippen molar-refractivity contribution in [2.45, 2.75) is 272 Å². The molecule has 0 bridgehead atoms. The van der Waals surface area contributed by atoms with E-state index >= 15 is 0 Å². The van der Waals surface area contributed by atoms with Crippen LogP contribution in [0.2, 0.25) is 0 Å². The molecule has 6 saturated heterocycles. The lowest BCUT2D eigenvalue weighted by atomic mass is 10.0. The van der Waals surface area contributed by atoms with E-state index < -0.39 is 147 Å². The Morgan fingerprint density at radius 3 is 1.00 bits per heavy atom. The van der Waals surface area contributed by atoms with Crippen molar-refractivity contribution in [1.82, 2.24) is 88.5 Å². The van der Waals surface area contributed by atoms with E-state index in [1.165, 1.54) is 64.1 Å². The molecule has 0 radical (unpaired) electrons. The molecule has 5 amide bonds. The minimum atomic E-state index is -1.71. The molecule has 10 aromatic rings. The smallest absolute Gasteiger partial charge is 0.224 e. The fraction of sp³-hybridized carbons (Fsp3) is 0.526. The van der Waals surface area contributed by atoms with Crippen LogP contribution in [0.25, 0.3) is 0 Å². The molecule has 0 unspecified atom stereocenters. The maximum absolute atomic E-state index is 14.1. The summed E-state index contributed by atoms with van der Waals surface area (Å²) in [6.07, 6.45) is 17.0. The number of halogens is 18. The van der Waals surface area contributed by atoms with Crippen LogP contribution >= 0.6 is 0 Å². The molecule has 145 heavy (non-hydrogen) atoms. The topological polar surface area (TPSA) is 390 Å². The molecule has 8 aliphatic rings. The molecule has 5 aromatic carbocycles. The Balaban J connectivity index is 0.000000143. The molecule has 30 nitrogen and oxygen atoms in total.